The van der Waals surface area contributed by atoms with Crippen LogP contribution >= 0.6 is 0 Å². The molecule has 0 radical (unpaired) electrons. The number of hydrogen-bond donors (Lipinski definition) is 1. The third-order valence-electron chi connectivity index (χ3n) is 4.90. The molecule has 1 N–H and O–H groups in total. The van der Waals surface area contributed by atoms with Gasteiger partial charge in [0, 0.05) is 12.6 Å². The number of rotatable bonds is 9. The van der Waals surface area contributed by atoms with E-state index in [1.54, 1.807) is 18.2 Å². The van der Waals surface area contributed by atoms with Gasteiger partial charge in [-0.05, 0) is 56.2 Å². The third-order valence-corrected chi connectivity index (χ3v) is 4.90. The van der Waals surface area contributed by atoms with Crippen molar-refractivity contribution in [3.63, 3.8) is 0 Å². The molecule has 0 saturated heterocycles. The fourth-order valence-electron chi connectivity index (χ4n) is 3.10. The number of aromatic nitrogens is 2. The molecule has 0 aliphatic heterocycles. The molecule has 28 heavy (non-hydrogen) atoms. The standard InChI is InChI=1S/C22H26FN3O2/c1-3-16(2)26(13-6-14-28-18-11-9-17(23)10-12-18)15-21-24-20-8-5-4-7-19(20)22(27)25-21/h4-5,7-12,16H,3,6,13-15H2,1-2H3,(H,24,25,27). The minimum Gasteiger partial charge on any atom is -0.494 e. The zero-order valence-electron chi connectivity index (χ0n) is 16.3. The minimum atomic E-state index is -0.271. The number of aromatic amines is 1. The Morgan fingerprint density at radius 1 is 1.18 bits per heavy atom. The number of ether oxygens (including phenoxy) is 1. The van der Waals surface area contributed by atoms with E-state index in [-0.39, 0.29) is 11.4 Å². The fraction of sp³-hybridized carbons (Fsp3) is 0.364. The predicted molar refractivity (Wildman–Crippen MR) is 109 cm³/mol. The van der Waals surface area contributed by atoms with Crippen LogP contribution in [0.5, 0.6) is 5.75 Å². The van der Waals surface area contributed by atoms with Crippen LogP contribution in [0.15, 0.2) is 53.3 Å². The van der Waals surface area contributed by atoms with Crippen LogP contribution in [0.25, 0.3) is 10.9 Å². The van der Waals surface area contributed by atoms with E-state index in [0.29, 0.717) is 41.7 Å². The van der Waals surface area contributed by atoms with Gasteiger partial charge < -0.3 is 9.72 Å². The number of nitrogens with one attached hydrogen (secondary N) is 1. The van der Waals surface area contributed by atoms with E-state index < -0.39 is 0 Å². The van der Waals surface area contributed by atoms with Crippen LogP contribution in [0, 0.1) is 5.82 Å². The van der Waals surface area contributed by atoms with E-state index in [9.17, 15) is 9.18 Å². The largest absolute Gasteiger partial charge is 0.494 e. The second-order valence-corrected chi connectivity index (χ2v) is 6.91. The average Bonchev–Trinajstić information content (AvgIpc) is 2.71. The summed E-state index contributed by atoms with van der Waals surface area (Å²) in [4.78, 5) is 22.1. The molecule has 0 amide bonds. The van der Waals surface area contributed by atoms with Gasteiger partial charge in [-0.1, -0.05) is 19.1 Å². The van der Waals surface area contributed by atoms with E-state index in [1.165, 1.54) is 12.1 Å². The molecule has 0 saturated carbocycles. The molecule has 2 aromatic carbocycles. The summed E-state index contributed by atoms with van der Waals surface area (Å²) in [6.07, 6.45) is 1.82. The van der Waals surface area contributed by atoms with Crippen molar-refractivity contribution in [3.8, 4) is 5.75 Å². The molecule has 1 unspecified atom stereocenters. The molecule has 1 atom stereocenters. The molecule has 3 aromatic rings. The topological polar surface area (TPSA) is 58.2 Å². The Balaban J connectivity index is 1.62. The van der Waals surface area contributed by atoms with Crippen molar-refractivity contribution in [1.29, 1.82) is 0 Å². The molecule has 6 heteroatoms. The Bertz CT molecular complexity index is 956. The van der Waals surface area contributed by atoms with E-state index in [4.69, 9.17) is 4.74 Å². The normalized spacial score (nSPS) is 12.4. The zero-order valence-corrected chi connectivity index (χ0v) is 16.3. The highest BCUT2D eigenvalue weighted by atomic mass is 19.1. The van der Waals surface area contributed by atoms with Crippen LogP contribution in [0.3, 0.4) is 0 Å². The maximum atomic E-state index is 12.9. The van der Waals surface area contributed by atoms with Crippen molar-refractivity contribution < 1.29 is 9.13 Å². The van der Waals surface area contributed by atoms with Crippen molar-refractivity contribution in [2.24, 2.45) is 0 Å². The lowest BCUT2D eigenvalue weighted by Crippen LogP contribution is -2.35. The van der Waals surface area contributed by atoms with Gasteiger partial charge in [0.05, 0.1) is 24.1 Å². The maximum absolute atomic E-state index is 12.9. The van der Waals surface area contributed by atoms with Gasteiger partial charge in [0.25, 0.3) is 5.56 Å². The monoisotopic (exact) mass is 383 g/mol. The van der Waals surface area contributed by atoms with E-state index in [0.717, 1.165) is 19.4 Å². The summed E-state index contributed by atoms with van der Waals surface area (Å²) in [5.74, 6) is 1.06. The van der Waals surface area contributed by atoms with Crippen LogP contribution < -0.4 is 10.3 Å². The van der Waals surface area contributed by atoms with Crippen molar-refractivity contribution in [2.75, 3.05) is 13.2 Å². The van der Waals surface area contributed by atoms with Crippen molar-refractivity contribution in [1.82, 2.24) is 14.9 Å². The van der Waals surface area contributed by atoms with Crippen molar-refractivity contribution >= 4 is 10.9 Å². The van der Waals surface area contributed by atoms with Gasteiger partial charge in [0.1, 0.15) is 17.4 Å². The predicted octanol–water partition coefficient (Wildman–Crippen LogP) is 4.13. The summed E-state index contributed by atoms with van der Waals surface area (Å²) in [6.45, 7) is 6.24. The number of benzene rings is 2. The zero-order chi connectivity index (χ0) is 19.9. The smallest absolute Gasteiger partial charge is 0.258 e. The first-order valence-corrected chi connectivity index (χ1v) is 9.67. The van der Waals surface area contributed by atoms with Gasteiger partial charge in [0.2, 0.25) is 0 Å². The second-order valence-electron chi connectivity index (χ2n) is 6.91. The van der Waals surface area contributed by atoms with E-state index in [1.807, 2.05) is 18.2 Å². The van der Waals surface area contributed by atoms with Gasteiger partial charge in [-0.2, -0.15) is 0 Å². The summed E-state index contributed by atoms with van der Waals surface area (Å²) in [6, 6.07) is 13.8. The summed E-state index contributed by atoms with van der Waals surface area (Å²) >= 11 is 0. The van der Waals surface area contributed by atoms with Gasteiger partial charge >= 0.3 is 0 Å². The Hall–Kier alpha value is -2.73. The number of H-pyrrole nitrogens is 1. The van der Waals surface area contributed by atoms with Gasteiger partial charge in [-0.15, -0.1) is 0 Å². The molecule has 1 aromatic heterocycles. The lowest BCUT2D eigenvalue weighted by atomic mass is 10.2. The first-order chi connectivity index (χ1) is 13.6. The molecule has 3 rings (SSSR count). The number of nitrogens with zero attached hydrogens (tertiary/aromatic N) is 2. The highest BCUT2D eigenvalue weighted by molar-refractivity contribution is 5.77. The number of para-hydroxylation sites is 1. The SMILES string of the molecule is CCC(C)N(CCCOc1ccc(F)cc1)Cc1nc2ccccc2c(=O)[nH]1. The minimum absolute atomic E-state index is 0.107. The molecular formula is C22H26FN3O2. The molecule has 5 nitrogen and oxygen atoms in total. The fourth-order valence-corrected chi connectivity index (χ4v) is 3.10. The van der Waals surface area contributed by atoms with Crippen LogP contribution in [0.2, 0.25) is 0 Å². The molecule has 0 spiro atoms. The third kappa shape index (κ3) is 5.16. The summed E-state index contributed by atoms with van der Waals surface area (Å²) in [7, 11) is 0. The lowest BCUT2D eigenvalue weighted by Gasteiger charge is -2.28. The number of fused-ring (bicyclic) bond motifs is 1. The highest BCUT2D eigenvalue weighted by Gasteiger charge is 2.14. The van der Waals surface area contributed by atoms with Crippen molar-refractivity contribution in [3.05, 3.63) is 70.5 Å². The first kappa shape index (κ1) is 20.0. The van der Waals surface area contributed by atoms with Crippen LogP contribution in [0.4, 0.5) is 4.39 Å². The molecule has 148 valence electrons. The number of hydrogen-bond acceptors (Lipinski definition) is 4. The van der Waals surface area contributed by atoms with Crippen LogP contribution in [-0.4, -0.2) is 34.1 Å². The first-order valence-electron chi connectivity index (χ1n) is 9.67. The second kappa shape index (κ2) is 9.46. The van der Waals surface area contributed by atoms with Crippen LogP contribution in [0.1, 0.15) is 32.5 Å². The molecule has 0 aliphatic carbocycles. The molecule has 1 heterocycles. The average molecular weight is 383 g/mol. The molecule has 0 fully saturated rings. The van der Waals surface area contributed by atoms with E-state index >= 15 is 0 Å². The summed E-state index contributed by atoms with van der Waals surface area (Å²) in [5.41, 5.74) is 0.606. The summed E-state index contributed by atoms with van der Waals surface area (Å²) in [5, 5.41) is 0.606. The van der Waals surface area contributed by atoms with Crippen LogP contribution in [-0.2, 0) is 6.54 Å². The van der Waals surface area contributed by atoms with Gasteiger partial charge in [-0.3, -0.25) is 9.69 Å². The van der Waals surface area contributed by atoms with Crippen molar-refractivity contribution in [2.45, 2.75) is 39.3 Å². The Morgan fingerprint density at radius 3 is 2.68 bits per heavy atom. The lowest BCUT2D eigenvalue weighted by molar-refractivity contribution is 0.173. The maximum Gasteiger partial charge on any atom is 0.258 e. The molecule has 0 aliphatic rings. The number of halogens is 1. The Kier molecular flexibility index (Phi) is 6.76. The quantitative estimate of drug-likeness (QED) is 0.565. The van der Waals surface area contributed by atoms with Gasteiger partial charge in [0.15, 0.2) is 0 Å². The molecular weight excluding hydrogens is 357 g/mol. The Labute approximate surface area is 164 Å². The molecule has 0 bridgehead atoms. The summed E-state index contributed by atoms with van der Waals surface area (Å²) < 4.78 is 18.6. The van der Waals surface area contributed by atoms with E-state index in [2.05, 4.69) is 28.7 Å². The Morgan fingerprint density at radius 2 is 1.93 bits per heavy atom. The van der Waals surface area contributed by atoms with Gasteiger partial charge in [-0.25, -0.2) is 9.37 Å². The highest BCUT2D eigenvalue weighted by Crippen LogP contribution is 2.13.